The molecule has 0 heterocycles. The third-order valence-corrected chi connectivity index (χ3v) is 4.34. The van der Waals surface area contributed by atoms with E-state index in [9.17, 15) is 4.57 Å². The normalized spacial score (nSPS) is 16.2. The predicted molar refractivity (Wildman–Crippen MR) is 57.0 cm³/mol. The fourth-order valence-corrected chi connectivity index (χ4v) is 2.53. The molecule has 0 spiro atoms. The van der Waals surface area contributed by atoms with Crippen LogP contribution in [-0.4, -0.2) is 29.0 Å². The summed E-state index contributed by atoms with van der Waals surface area (Å²) >= 11 is 11.0. The number of halogens is 2. The number of aliphatic hydroxyl groups is 1. The Hall–Kier alpha value is 0.690. The van der Waals surface area contributed by atoms with Crippen LogP contribution in [0.3, 0.4) is 0 Å². The zero-order valence-electron chi connectivity index (χ0n) is 8.15. The number of hydrogen-bond donors (Lipinski definition) is 1. The van der Waals surface area contributed by atoms with Gasteiger partial charge in [-0.1, -0.05) is 23.2 Å². The monoisotopic (exact) mass is 264 g/mol. The van der Waals surface area contributed by atoms with Gasteiger partial charge in [-0.2, -0.15) is 0 Å². The van der Waals surface area contributed by atoms with Crippen molar-refractivity contribution in [2.45, 2.75) is 30.9 Å². The summed E-state index contributed by atoms with van der Waals surface area (Å²) in [5, 5.41) is 8.51. The highest BCUT2D eigenvalue weighted by Crippen LogP contribution is 2.57. The van der Waals surface area contributed by atoms with E-state index >= 15 is 0 Å². The summed E-state index contributed by atoms with van der Waals surface area (Å²) in [4.78, 5) is 0. The van der Waals surface area contributed by atoms with Gasteiger partial charge >= 0.3 is 7.60 Å². The molecule has 0 fully saturated rings. The van der Waals surface area contributed by atoms with Crippen LogP contribution in [0.25, 0.3) is 0 Å². The van der Waals surface area contributed by atoms with E-state index in [4.69, 9.17) is 37.4 Å². The van der Waals surface area contributed by atoms with Crippen LogP contribution < -0.4 is 0 Å². The van der Waals surface area contributed by atoms with Crippen LogP contribution in [0.1, 0.15) is 20.3 Å². The fraction of sp³-hybridized carbons (Fsp3) is 1.00. The summed E-state index contributed by atoms with van der Waals surface area (Å²) in [6, 6.07) is 0. The third kappa shape index (κ3) is 5.54. The standard InChI is InChI=1S/C7H15Cl2O4P/c1-6(2)13-14(11,7(8)9)12-5-3-4-10/h6-7,10H,3-5H2,1-2H3/t14-/m1/s1. The Morgan fingerprint density at radius 1 is 1.43 bits per heavy atom. The lowest BCUT2D eigenvalue weighted by Crippen LogP contribution is -2.09. The van der Waals surface area contributed by atoms with E-state index < -0.39 is 12.2 Å². The van der Waals surface area contributed by atoms with Crippen molar-refractivity contribution in [2.75, 3.05) is 13.2 Å². The zero-order valence-corrected chi connectivity index (χ0v) is 10.6. The summed E-state index contributed by atoms with van der Waals surface area (Å²) in [5.74, 6) is 0. The fourth-order valence-electron chi connectivity index (χ4n) is 0.683. The minimum atomic E-state index is -3.46. The summed E-state index contributed by atoms with van der Waals surface area (Å²) in [6.45, 7) is 3.48. The van der Waals surface area contributed by atoms with Crippen LogP contribution in [0.5, 0.6) is 0 Å². The number of hydrogen-bond acceptors (Lipinski definition) is 4. The van der Waals surface area contributed by atoms with Gasteiger partial charge in [0.15, 0.2) is 0 Å². The molecule has 0 aliphatic heterocycles. The molecule has 0 aliphatic carbocycles. The van der Waals surface area contributed by atoms with Crippen LogP contribution in [0.15, 0.2) is 0 Å². The van der Waals surface area contributed by atoms with Crippen molar-refractivity contribution in [1.29, 1.82) is 0 Å². The molecule has 0 aliphatic rings. The molecule has 14 heavy (non-hydrogen) atoms. The largest absolute Gasteiger partial charge is 0.396 e. The molecule has 0 rings (SSSR count). The lowest BCUT2D eigenvalue weighted by atomic mass is 10.5. The Bertz CT molecular complexity index is 198. The number of aliphatic hydroxyl groups excluding tert-OH is 1. The molecule has 7 heteroatoms. The Morgan fingerprint density at radius 3 is 2.36 bits per heavy atom. The summed E-state index contributed by atoms with van der Waals surface area (Å²) < 4.78 is 20.6. The van der Waals surface area contributed by atoms with E-state index in [1.165, 1.54) is 0 Å². The first-order valence-electron chi connectivity index (χ1n) is 4.24. The molecular formula is C7H15Cl2O4P. The Balaban J connectivity index is 4.18. The van der Waals surface area contributed by atoms with Gasteiger partial charge in [-0.05, 0) is 20.3 Å². The molecular weight excluding hydrogens is 250 g/mol. The third-order valence-electron chi connectivity index (χ3n) is 1.17. The summed E-state index contributed by atoms with van der Waals surface area (Å²) in [7, 11) is -3.46. The second kappa shape index (κ2) is 7.04. The minimum Gasteiger partial charge on any atom is -0.396 e. The lowest BCUT2D eigenvalue weighted by molar-refractivity contribution is 0.159. The quantitative estimate of drug-likeness (QED) is 0.437. The Kier molecular flexibility index (Phi) is 7.39. The maximum absolute atomic E-state index is 11.8. The first kappa shape index (κ1) is 14.7. The SMILES string of the molecule is CC(C)O[P@](=O)(OCCCO)C(Cl)Cl. The second-order valence-corrected chi connectivity index (χ2v) is 6.65. The number of rotatable bonds is 7. The highest BCUT2D eigenvalue weighted by atomic mass is 35.5. The van der Waals surface area contributed by atoms with Crippen molar-refractivity contribution in [2.24, 2.45) is 0 Å². The molecule has 0 aromatic carbocycles. The van der Waals surface area contributed by atoms with Crippen molar-refractivity contribution in [3.05, 3.63) is 0 Å². The van der Waals surface area contributed by atoms with E-state index in [2.05, 4.69) is 0 Å². The molecule has 86 valence electrons. The van der Waals surface area contributed by atoms with Crippen LogP contribution in [0, 0.1) is 0 Å². The average molecular weight is 265 g/mol. The molecule has 0 bridgehead atoms. The molecule has 0 saturated heterocycles. The molecule has 1 atom stereocenters. The molecule has 0 radical (unpaired) electrons. The van der Waals surface area contributed by atoms with Crippen LogP contribution in [0.4, 0.5) is 0 Å². The summed E-state index contributed by atoms with van der Waals surface area (Å²) in [6.07, 6.45) is 0.0846. The maximum Gasteiger partial charge on any atom is 0.363 e. The van der Waals surface area contributed by atoms with Gasteiger partial charge < -0.3 is 14.2 Å². The van der Waals surface area contributed by atoms with Gasteiger partial charge in [-0.15, -0.1) is 0 Å². The van der Waals surface area contributed by atoms with E-state index in [0.29, 0.717) is 6.42 Å². The molecule has 0 aromatic rings. The van der Waals surface area contributed by atoms with Gasteiger partial charge in [0, 0.05) is 6.61 Å². The average Bonchev–Trinajstić information content (AvgIpc) is 2.03. The minimum absolute atomic E-state index is 0.0447. The molecule has 0 aromatic heterocycles. The molecule has 0 unspecified atom stereocenters. The first-order chi connectivity index (χ1) is 6.42. The molecule has 4 nitrogen and oxygen atoms in total. The Morgan fingerprint density at radius 2 is 2.00 bits per heavy atom. The van der Waals surface area contributed by atoms with Gasteiger partial charge in [-0.25, -0.2) is 0 Å². The second-order valence-electron chi connectivity index (χ2n) is 2.88. The highest BCUT2D eigenvalue weighted by Gasteiger charge is 2.34. The molecule has 1 N–H and O–H groups in total. The van der Waals surface area contributed by atoms with Gasteiger partial charge in [-0.3, -0.25) is 4.57 Å². The van der Waals surface area contributed by atoms with Crippen molar-refractivity contribution >= 4 is 30.8 Å². The zero-order chi connectivity index (χ0) is 11.2. The van der Waals surface area contributed by atoms with Crippen LogP contribution in [-0.2, 0) is 13.6 Å². The topological polar surface area (TPSA) is 55.8 Å². The van der Waals surface area contributed by atoms with Gasteiger partial charge in [0.1, 0.15) is 0 Å². The van der Waals surface area contributed by atoms with Crippen LogP contribution in [0.2, 0.25) is 0 Å². The summed E-state index contributed by atoms with van der Waals surface area (Å²) in [5.41, 5.74) is 0. The van der Waals surface area contributed by atoms with E-state index in [1.54, 1.807) is 13.8 Å². The van der Waals surface area contributed by atoms with Crippen molar-refractivity contribution in [3.63, 3.8) is 0 Å². The smallest absolute Gasteiger partial charge is 0.363 e. The van der Waals surface area contributed by atoms with Gasteiger partial charge in [0.25, 0.3) is 0 Å². The van der Waals surface area contributed by atoms with Crippen molar-refractivity contribution < 1.29 is 18.7 Å². The van der Waals surface area contributed by atoms with Crippen molar-refractivity contribution in [3.8, 4) is 0 Å². The molecule has 0 amide bonds. The number of alkyl halides is 2. The van der Waals surface area contributed by atoms with Gasteiger partial charge in [0.05, 0.1) is 12.7 Å². The van der Waals surface area contributed by atoms with E-state index in [-0.39, 0.29) is 19.3 Å². The van der Waals surface area contributed by atoms with E-state index in [1.807, 2.05) is 0 Å². The highest BCUT2D eigenvalue weighted by molar-refractivity contribution is 7.58. The van der Waals surface area contributed by atoms with Crippen molar-refractivity contribution in [1.82, 2.24) is 0 Å². The Labute approximate surface area is 94.0 Å². The van der Waals surface area contributed by atoms with Gasteiger partial charge in [0.2, 0.25) is 4.58 Å². The maximum atomic E-state index is 11.8. The molecule has 0 saturated carbocycles. The first-order valence-corrected chi connectivity index (χ1v) is 6.72. The lowest BCUT2D eigenvalue weighted by Gasteiger charge is -2.21. The predicted octanol–water partition coefficient (Wildman–Crippen LogP) is 2.76. The van der Waals surface area contributed by atoms with E-state index in [0.717, 1.165) is 0 Å². The van der Waals surface area contributed by atoms with Crippen LogP contribution >= 0.6 is 30.8 Å².